The molecule has 0 unspecified atom stereocenters. The zero-order chi connectivity index (χ0) is 21.8. The van der Waals surface area contributed by atoms with E-state index in [1.54, 1.807) is 60.7 Å². The van der Waals surface area contributed by atoms with E-state index in [0.29, 0.717) is 27.7 Å². The van der Waals surface area contributed by atoms with Crippen LogP contribution < -0.4 is 10.6 Å². The van der Waals surface area contributed by atoms with Gasteiger partial charge in [0.15, 0.2) is 5.76 Å². The highest BCUT2D eigenvalue weighted by molar-refractivity contribution is 9.10. The third kappa shape index (κ3) is 5.05. The molecule has 2 N–H and O–H groups in total. The maximum Gasteiger partial charge on any atom is 0.291 e. The number of amides is 2. The van der Waals surface area contributed by atoms with Crippen LogP contribution in [0.25, 0.3) is 11.3 Å². The van der Waals surface area contributed by atoms with E-state index in [-0.39, 0.29) is 17.6 Å². The number of hydrogen-bond acceptors (Lipinski definition) is 3. The van der Waals surface area contributed by atoms with Gasteiger partial charge in [0.05, 0.1) is 10.6 Å². The second-order valence-electron chi connectivity index (χ2n) is 6.64. The third-order valence-corrected chi connectivity index (χ3v) is 5.34. The molecule has 0 fully saturated rings. The number of furan rings is 1. The summed E-state index contributed by atoms with van der Waals surface area (Å²) < 4.78 is 6.65. The molecule has 3 aromatic carbocycles. The van der Waals surface area contributed by atoms with E-state index < -0.39 is 0 Å². The Bertz CT molecular complexity index is 1230. The number of carbonyl (C=O) groups excluding carboxylic acids is 2. The molecule has 0 aliphatic carbocycles. The standard InChI is InChI=1S/C24H16BrClN2O3/c25-16-7-5-15(6-8-16)21-13-14-22(31-21)24(30)28-18-11-9-17(10-12-18)27-23(29)19-3-1-2-4-20(19)26/h1-14H,(H,27,29)(H,28,30). The van der Waals surface area contributed by atoms with Crippen molar-refractivity contribution in [1.29, 1.82) is 0 Å². The van der Waals surface area contributed by atoms with E-state index in [4.69, 9.17) is 16.0 Å². The first kappa shape index (κ1) is 20.9. The number of hydrogen-bond donors (Lipinski definition) is 2. The van der Waals surface area contributed by atoms with Crippen molar-refractivity contribution in [2.75, 3.05) is 10.6 Å². The van der Waals surface area contributed by atoms with Gasteiger partial charge in [-0.25, -0.2) is 0 Å². The molecule has 0 atom stereocenters. The lowest BCUT2D eigenvalue weighted by molar-refractivity contribution is 0.0995. The van der Waals surface area contributed by atoms with Gasteiger partial charge in [0, 0.05) is 21.4 Å². The van der Waals surface area contributed by atoms with Crippen molar-refractivity contribution < 1.29 is 14.0 Å². The van der Waals surface area contributed by atoms with Crippen LogP contribution in [-0.2, 0) is 0 Å². The van der Waals surface area contributed by atoms with Crippen molar-refractivity contribution in [3.63, 3.8) is 0 Å². The summed E-state index contributed by atoms with van der Waals surface area (Å²) in [5.74, 6) is 0.138. The van der Waals surface area contributed by atoms with Crippen LogP contribution in [0, 0.1) is 0 Å². The molecular weight excluding hydrogens is 480 g/mol. The van der Waals surface area contributed by atoms with E-state index in [1.807, 2.05) is 24.3 Å². The zero-order valence-corrected chi connectivity index (χ0v) is 18.4. The summed E-state index contributed by atoms with van der Waals surface area (Å²) in [7, 11) is 0. The quantitative estimate of drug-likeness (QED) is 0.317. The van der Waals surface area contributed by atoms with Gasteiger partial charge < -0.3 is 15.1 Å². The Morgan fingerprint density at radius 1 is 0.742 bits per heavy atom. The molecule has 7 heteroatoms. The Morgan fingerprint density at radius 3 is 2.00 bits per heavy atom. The molecule has 0 spiro atoms. The average molecular weight is 496 g/mol. The molecule has 0 aliphatic rings. The minimum absolute atomic E-state index is 0.203. The first-order valence-corrected chi connectivity index (χ1v) is 10.5. The molecule has 1 heterocycles. The van der Waals surface area contributed by atoms with E-state index in [9.17, 15) is 9.59 Å². The molecule has 1 aromatic heterocycles. The zero-order valence-electron chi connectivity index (χ0n) is 16.1. The Labute approximate surface area is 192 Å². The van der Waals surface area contributed by atoms with Crippen molar-refractivity contribution in [2.24, 2.45) is 0 Å². The third-order valence-electron chi connectivity index (χ3n) is 4.48. The van der Waals surface area contributed by atoms with Gasteiger partial charge in [-0.2, -0.15) is 0 Å². The van der Waals surface area contributed by atoms with Crippen molar-refractivity contribution in [3.05, 3.63) is 106 Å². The van der Waals surface area contributed by atoms with Crippen LogP contribution >= 0.6 is 27.5 Å². The number of benzene rings is 3. The van der Waals surface area contributed by atoms with Gasteiger partial charge in [0.2, 0.25) is 0 Å². The molecule has 154 valence electrons. The summed E-state index contributed by atoms with van der Waals surface area (Å²) in [6.45, 7) is 0. The molecule has 0 bridgehead atoms. The lowest BCUT2D eigenvalue weighted by Crippen LogP contribution is -2.13. The number of halogens is 2. The summed E-state index contributed by atoms with van der Waals surface area (Å²) in [5, 5.41) is 5.94. The van der Waals surface area contributed by atoms with Crippen LogP contribution in [0.1, 0.15) is 20.9 Å². The molecule has 2 amide bonds. The summed E-state index contributed by atoms with van der Waals surface area (Å²) in [4.78, 5) is 24.8. The fourth-order valence-corrected chi connectivity index (χ4v) is 3.39. The van der Waals surface area contributed by atoms with Gasteiger partial charge in [-0.3, -0.25) is 9.59 Å². The summed E-state index contributed by atoms with van der Waals surface area (Å²) in [5.41, 5.74) is 2.42. The maximum absolute atomic E-state index is 12.5. The molecule has 0 aliphatic heterocycles. The van der Waals surface area contributed by atoms with Crippen LogP contribution in [0.2, 0.25) is 5.02 Å². The number of rotatable bonds is 5. The first-order chi connectivity index (χ1) is 15.0. The molecule has 5 nitrogen and oxygen atoms in total. The number of anilines is 2. The Hall–Kier alpha value is -3.35. The Morgan fingerprint density at radius 2 is 1.35 bits per heavy atom. The van der Waals surface area contributed by atoms with Gasteiger partial charge in [0.25, 0.3) is 11.8 Å². The van der Waals surface area contributed by atoms with Crippen LogP contribution in [0.15, 0.2) is 93.8 Å². The van der Waals surface area contributed by atoms with Gasteiger partial charge in [-0.05, 0) is 60.7 Å². The van der Waals surface area contributed by atoms with Gasteiger partial charge >= 0.3 is 0 Å². The largest absolute Gasteiger partial charge is 0.451 e. The van der Waals surface area contributed by atoms with Crippen molar-refractivity contribution in [3.8, 4) is 11.3 Å². The van der Waals surface area contributed by atoms with Gasteiger partial charge in [-0.1, -0.05) is 51.8 Å². The monoisotopic (exact) mass is 494 g/mol. The minimum atomic E-state index is -0.365. The predicted octanol–water partition coefficient (Wildman–Crippen LogP) is 6.87. The highest BCUT2D eigenvalue weighted by Gasteiger charge is 2.13. The van der Waals surface area contributed by atoms with E-state index in [0.717, 1.165) is 10.0 Å². The molecule has 0 saturated carbocycles. The smallest absolute Gasteiger partial charge is 0.291 e. The SMILES string of the molecule is O=C(Nc1ccc(NC(=O)c2ccccc2Cl)cc1)c1ccc(-c2ccc(Br)cc2)o1. The molecule has 31 heavy (non-hydrogen) atoms. The lowest BCUT2D eigenvalue weighted by Gasteiger charge is -2.08. The highest BCUT2D eigenvalue weighted by atomic mass is 79.9. The topological polar surface area (TPSA) is 71.3 Å². The molecule has 0 radical (unpaired) electrons. The van der Waals surface area contributed by atoms with Crippen LogP contribution in [0.4, 0.5) is 11.4 Å². The first-order valence-electron chi connectivity index (χ1n) is 9.33. The fraction of sp³-hybridized carbons (Fsp3) is 0. The lowest BCUT2D eigenvalue weighted by atomic mass is 10.2. The molecule has 4 rings (SSSR count). The number of carbonyl (C=O) groups is 2. The van der Waals surface area contributed by atoms with Crippen molar-refractivity contribution >= 4 is 50.7 Å². The van der Waals surface area contributed by atoms with Gasteiger partial charge in [-0.15, -0.1) is 0 Å². The van der Waals surface area contributed by atoms with Crippen LogP contribution in [0.3, 0.4) is 0 Å². The maximum atomic E-state index is 12.5. The van der Waals surface area contributed by atoms with E-state index in [1.165, 1.54) is 0 Å². The van der Waals surface area contributed by atoms with E-state index in [2.05, 4.69) is 26.6 Å². The highest BCUT2D eigenvalue weighted by Crippen LogP contribution is 2.25. The Kier molecular flexibility index (Phi) is 6.21. The minimum Gasteiger partial charge on any atom is -0.451 e. The predicted molar refractivity (Wildman–Crippen MR) is 126 cm³/mol. The molecule has 0 saturated heterocycles. The normalized spacial score (nSPS) is 10.5. The van der Waals surface area contributed by atoms with Crippen LogP contribution in [0.5, 0.6) is 0 Å². The van der Waals surface area contributed by atoms with Gasteiger partial charge in [0.1, 0.15) is 5.76 Å². The summed E-state index contributed by atoms with van der Waals surface area (Å²) in [6, 6.07) is 24.6. The van der Waals surface area contributed by atoms with Crippen molar-refractivity contribution in [2.45, 2.75) is 0 Å². The van der Waals surface area contributed by atoms with Crippen LogP contribution in [-0.4, -0.2) is 11.8 Å². The van der Waals surface area contributed by atoms with E-state index >= 15 is 0 Å². The number of nitrogens with one attached hydrogen (secondary N) is 2. The second kappa shape index (κ2) is 9.20. The average Bonchev–Trinajstić information content (AvgIpc) is 3.26. The van der Waals surface area contributed by atoms with Crippen molar-refractivity contribution in [1.82, 2.24) is 0 Å². The second-order valence-corrected chi connectivity index (χ2v) is 7.96. The Balaban J connectivity index is 1.40. The fourth-order valence-electron chi connectivity index (χ4n) is 2.90. The summed E-state index contributed by atoms with van der Waals surface area (Å²) in [6.07, 6.45) is 0. The molecular formula is C24H16BrClN2O3. The summed E-state index contributed by atoms with van der Waals surface area (Å²) >= 11 is 9.45. The molecule has 4 aromatic rings.